The summed E-state index contributed by atoms with van der Waals surface area (Å²) in [7, 11) is -2.57. The molecular weight excluding hydrogens is 474 g/mol. The first-order chi connectivity index (χ1) is 14.6. The molecule has 0 aromatic heterocycles. The number of halogens is 3. The van der Waals surface area contributed by atoms with Crippen molar-refractivity contribution in [3.63, 3.8) is 0 Å². The van der Waals surface area contributed by atoms with Gasteiger partial charge in [-0.1, -0.05) is 53.0 Å². The lowest BCUT2D eigenvalue weighted by Gasteiger charge is -2.15. The van der Waals surface area contributed by atoms with Crippen molar-refractivity contribution in [3.8, 4) is 0 Å². The highest BCUT2D eigenvalue weighted by atomic mass is 35.5. The first-order valence-corrected chi connectivity index (χ1v) is 11.8. The topological polar surface area (TPSA) is 51.2 Å². The van der Waals surface area contributed by atoms with Crippen LogP contribution < -0.4 is 5.30 Å². The fourth-order valence-electron chi connectivity index (χ4n) is 3.54. The average molecular weight is 493 g/mol. The zero-order valence-corrected chi connectivity index (χ0v) is 20.5. The minimum absolute atomic E-state index is 0.0105. The van der Waals surface area contributed by atoms with E-state index in [4.69, 9.17) is 34.8 Å². The summed E-state index contributed by atoms with van der Waals surface area (Å²) in [6.07, 6.45) is 0. The predicted octanol–water partition coefficient (Wildman–Crippen LogP) is 7.40. The molecule has 3 nitrogen and oxygen atoms in total. The molecule has 7 heteroatoms. The number of aryl methyl sites for hydroxylation is 2. The molecule has 3 aromatic carbocycles. The molecule has 0 saturated heterocycles. The number of benzene rings is 3. The van der Waals surface area contributed by atoms with Crippen LogP contribution in [-0.4, -0.2) is 11.3 Å². The Morgan fingerprint density at radius 1 is 0.774 bits per heavy atom. The van der Waals surface area contributed by atoms with Gasteiger partial charge < -0.3 is 0 Å². The van der Waals surface area contributed by atoms with Crippen molar-refractivity contribution in [1.29, 1.82) is 0 Å². The standard InChI is InChI=1S/C24H19Cl3O3P/c1-12-11-13(2)20(15(4)14(12)3)24(29)31(30)19-8-6-5-7-16(19)23(28)21-17(25)9-10-18(26)22(21)27/h5-11H,1-4H3. The fourth-order valence-corrected chi connectivity index (χ4v) is 5.62. The van der Waals surface area contributed by atoms with E-state index in [1.807, 2.05) is 33.8 Å². The lowest BCUT2D eigenvalue weighted by molar-refractivity contribution is 0.103. The third-order valence-electron chi connectivity index (χ3n) is 5.39. The van der Waals surface area contributed by atoms with Gasteiger partial charge in [-0.2, -0.15) is 0 Å². The van der Waals surface area contributed by atoms with Crippen molar-refractivity contribution in [2.24, 2.45) is 0 Å². The fraction of sp³-hybridized carbons (Fsp3) is 0.167. The molecule has 31 heavy (non-hydrogen) atoms. The zero-order valence-electron chi connectivity index (χ0n) is 17.3. The molecule has 0 N–H and O–H groups in total. The van der Waals surface area contributed by atoms with Gasteiger partial charge in [0.05, 0.1) is 25.9 Å². The molecule has 0 bridgehead atoms. The van der Waals surface area contributed by atoms with Crippen LogP contribution in [0.25, 0.3) is 0 Å². The quantitative estimate of drug-likeness (QED) is 0.212. The summed E-state index contributed by atoms with van der Waals surface area (Å²) in [6.45, 7) is 7.55. The van der Waals surface area contributed by atoms with Gasteiger partial charge in [-0.05, 0) is 74.2 Å². The van der Waals surface area contributed by atoms with E-state index in [2.05, 4.69) is 0 Å². The van der Waals surface area contributed by atoms with Crippen molar-refractivity contribution in [2.45, 2.75) is 27.7 Å². The summed E-state index contributed by atoms with van der Waals surface area (Å²) in [5, 5.41) is 0.443. The lowest BCUT2D eigenvalue weighted by atomic mass is 9.95. The summed E-state index contributed by atoms with van der Waals surface area (Å²) in [5.41, 5.74) is 3.58. The third kappa shape index (κ3) is 4.33. The molecule has 159 valence electrons. The Hall–Kier alpha value is -2.03. The van der Waals surface area contributed by atoms with Gasteiger partial charge in [0.25, 0.3) is 0 Å². The van der Waals surface area contributed by atoms with Gasteiger partial charge >= 0.3 is 0 Å². The van der Waals surface area contributed by atoms with E-state index in [0.717, 1.165) is 22.3 Å². The van der Waals surface area contributed by atoms with Gasteiger partial charge in [0.2, 0.25) is 5.52 Å². The number of hydrogen-bond donors (Lipinski definition) is 0. The van der Waals surface area contributed by atoms with E-state index in [-0.39, 0.29) is 31.5 Å². The first kappa shape index (κ1) is 23.6. The number of carbonyl (C=O) groups is 2. The Balaban J connectivity index is 2.13. The maximum Gasteiger partial charge on any atom is 0.247 e. The van der Waals surface area contributed by atoms with Crippen LogP contribution in [0.3, 0.4) is 0 Å². The van der Waals surface area contributed by atoms with Crippen LogP contribution in [0.1, 0.15) is 48.5 Å². The maximum atomic E-state index is 13.4. The van der Waals surface area contributed by atoms with E-state index in [1.54, 1.807) is 12.1 Å². The molecule has 1 atom stereocenters. The van der Waals surface area contributed by atoms with Gasteiger partial charge in [0, 0.05) is 11.1 Å². The molecule has 1 radical (unpaired) electrons. The highest BCUT2D eigenvalue weighted by Gasteiger charge is 2.28. The second kappa shape index (κ2) is 9.22. The molecule has 0 amide bonds. The monoisotopic (exact) mass is 491 g/mol. The van der Waals surface area contributed by atoms with E-state index >= 15 is 0 Å². The summed E-state index contributed by atoms with van der Waals surface area (Å²) in [6, 6.07) is 11.1. The molecule has 1 unspecified atom stereocenters. The van der Waals surface area contributed by atoms with Gasteiger partial charge in [-0.3, -0.25) is 14.2 Å². The van der Waals surface area contributed by atoms with Crippen LogP contribution in [0.4, 0.5) is 0 Å². The molecule has 0 fully saturated rings. The average Bonchev–Trinajstić information content (AvgIpc) is 2.74. The Bertz CT molecular complexity index is 1270. The van der Waals surface area contributed by atoms with Crippen LogP contribution in [-0.2, 0) is 4.57 Å². The number of rotatable bonds is 5. The van der Waals surface area contributed by atoms with Gasteiger partial charge in [-0.25, -0.2) is 0 Å². The Morgan fingerprint density at radius 2 is 1.39 bits per heavy atom. The lowest BCUT2D eigenvalue weighted by Crippen LogP contribution is -2.17. The molecule has 0 spiro atoms. The Kier molecular flexibility index (Phi) is 7.03. The molecule has 0 aliphatic carbocycles. The molecular formula is C24H19Cl3O3P. The number of ketones is 1. The summed E-state index contributed by atoms with van der Waals surface area (Å²) >= 11 is 18.5. The molecule has 0 aliphatic heterocycles. The molecule has 0 saturated carbocycles. The van der Waals surface area contributed by atoms with Crippen LogP contribution in [0, 0.1) is 27.7 Å². The highest BCUT2D eigenvalue weighted by Crippen LogP contribution is 2.36. The first-order valence-electron chi connectivity index (χ1n) is 9.42. The summed E-state index contributed by atoms with van der Waals surface area (Å²) < 4.78 is 13.4. The number of carbonyl (C=O) groups excluding carboxylic acids is 2. The third-order valence-corrected chi connectivity index (χ3v) is 7.93. The van der Waals surface area contributed by atoms with E-state index in [0.29, 0.717) is 5.56 Å². The van der Waals surface area contributed by atoms with Crippen LogP contribution >= 0.6 is 42.6 Å². The smallest absolute Gasteiger partial charge is 0.247 e. The maximum absolute atomic E-state index is 13.4. The van der Waals surface area contributed by atoms with Crippen LogP contribution in [0.2, 0.25) is 15.1 Å². The van der Waals surface area contributed by atoms with Gasteiger partial charge in [0.1, 0.15) is 0 Å². The summed E-state index contributed by atoms with van der Waals surface area (Å²) in [5.74, 6) is -0.544. The van der Waals surface area contributed by atoms with Crippen molar-refractivity contribution in [2.75, 3.05) is 0 Å². The highest BCUT2D eigenvalue weighted by molar-refractivity contribution is 7.71. The van der Waals surface area contributed by atoms with E-state index in [9.17, 15) is 14.2 Å². The Labute approximate surface area is 197 Å². The van der Waals surface area contributed by atoms with Crippen LogP contribution in [0.5, 0.6) is 0 Å². The van der Waals surface area contributed by atoms with Crippen LogP contribution in [0.15, 0.2) is 42.5 Å². The van der Waals surface area contributed by atoms with Gasteiger partial charge in [0.15, 0.2) is 13.6 Å². The second-order valence-corrected chi connectivity index (χ2v) is 9.97. The van der Waals surface area contributed by atoms with Crippen molar-refractivity contribution in [3.05, 3.63) is 96.5 Å². The summed E-state index contributed by atoms with van der Waals surface area (Å²) in [4.78, 5) is 26.6. The van der Waals surface area contributed by atoms with Crippen molar-refractivity contribution >= 4 is 59.2 Å². The Morgan fingerprint density at radius 3 is 2.06 bits per heavy atom. The van der Waals surface area contributed by atoms with E-state index in [1.165, 1.54) is 24.3 Å². The second-order valence-electron chi connectivity index (χ2n) is 7.30. The van der Waals surface area contributed by atoms with Crippen molar-refractivity contribution in [1.82, 2.24) is 0 Å². The zero-order chi connectivity index (χ0) is 23.0. The molecule has 3 rings (SSSR count). The SMILES string of the molecule is Cc1cc(C)c(C(=O)[P](=O)c2ccccc2C(=O)c2c(Cl)ccc(Cl)c2Cl)c(C)c1C. The van der Waals surface area contributed by atoms with Crippen molar-refractivity contribution < 1.29 is 14.2 Å². The predicted molar refractivity (Wildman–Crippen MR) is 128 cm³/mol. The largest absolute Gasteiger partial charge is 0.288 e. The molecule has 0 heterocycles. The minimum atomic E-state index is -2.57. The molecule has 3 aromatic rings. The van der Waals surface area contributed by atoms with E-state index < -0.39 is 19.1 Å². The molecule has 0 aliphatic rings. The normalized spacial score (nSPS) is 11.4. The minimum Gasteiger partial charge on any atom is -0.288 e. The van der Waals surface area contributed by atoms with Gasteiger partial charge in [-0.15, -0.1) is 0 Å². The number of hydrogen-bond acceptors (Lipinski definition) is 3.